The smallest absolute Gasteiger partial charge is 0.358 e. The second kappa shape index (κ2) is 8.09. The van der Waals surface area contributed by atoms with E-state index in [0.717, 1.165) is 28.9 Å². The molecule has 0 amide bonds. The Kier molecular flexibility index (Phi) is 5.36. The molecular formula is C23H21NO4S. The van der Waals surface area contributed by atoms with E-state index in [1.165, 1.54) is 12.1 Å². The highest BCUT2D eigenvalue weighted by Crippen LogP contribution is 2.36. The van der Waals surface area contributed by atoms with Crippen molar-refractivity contribution in [2.45, 2.75) is 30.6 Å². The molecule has 1 aliphatic carbocycles. The van der Waals surface area contributed by atoms with Crippen molar-refractivity contribution >= 4 is 21.4 Å². The van der Waals surface area contributed by atoms with E-state index in [4.69, 9.17) is 8.70 Å². The number of hydrogen-bond acceptors (Lipinski definition) is 5. The van der Waals surface area contributed by atoms with Gasteiger partial charge in [-0.3, -0.25) is 4.28 Å². The fourth-order valence-electron chi connectivity index (χ4n) is 3.40. The first-order valence-corrected chi connectivity index (χ1v) is 10.8. The zero-order valence-corrected chi connectivity index (χ0v) is 16.8. The van der Waals surface area contributed by atoms with Gasteiger partial charge in [-0.1, -0.05) is 53.2 Å². The Hall–Kier alpha value is -3.12. The Morgan fingerprint density at radius 1 is 0.966 bits per heavy atom. The van der Waals surface area contributed by atoms with E-state index in [9.17, 15) is 8.42 Å². The van der Waals surface area contributed by atoms with Gasteiger partial charge in [0.25, 0.3) is 0 Å². The lowest BCUT2D eigenvalue weighted by molar-refractivity contribution is 0.337. The summed E-state index contributed by atoms with van der Waals surface area (Å²) in [6.07, 6.45) is 4.86. The summed E-state index contributed by atoms with van der Waals surface area (Å²) in [6, 6.07) is 20.2. The topological polar surface area (TPSA) is 68.9 Å². The van der Waals surface area contributed by atoms with Crippen molar-refractivity contribution in [1.82, 2.24) is 0 Å². The first kappa shape index (κ1) is 19.2. The normalized spacial score (nSPS) is 18.4. The van der Waals surface area contributed by atoms with Gasteiger partial charge >= 0.3 is 10.1 Å². The van der Waals surface area contributed by atoms with Crippen LogP contribution in [0.1, 0.15) is 35.6 Å². The molecule has 148 valence electrons. The number of rotatable bonds is 5. The first-order valence-electron chi connectivity index (χ1n) is 9.38. The molecule has 1 heterocycles. The Bertz CT molecular complexity index is 1130. The lowest BCUT2D eigenvalue weighted by atomic mass is 9.83. The van der Waals surface area contributed by atoms with Crippen molar-refractivity contribution in [3.63, 3.8) is 0 Å². The maximum Gasteiger partial charge on any atom is 0.358 e. The lowest BCUT2D eigenvalue weighted by Gasteiger charge is -2.22. The molecule has 2 aromatic carbocycles. The van der Waals surface area contributed by atoms with E-state index in [2.05, 4.69) is 5.16 Å². The molecule has 3 aromatic rings. The van der Waals surface area contributed by atoms with Crippen molar-refractivity contribution < 1.29 is 17.1 Å². The molecule has 0 spiro atoms. The molecule has 0 fully saturated rings. The lowest BCUT2D eigenvalue weighted by Crippen LogP contribution is -2.14. The molecule has 1 atom stereocenters. The summed E-state index contributed by atoms with van der Waals surface area (Å²) in [7, 11) is -3.97. The van der Waals surface area contributed by atoms with Gasteiger partial charge in [0.1, 0.15) is 10.7 Å². The summed E-state index contributed by atoms with van der Waals surface area (Å²) in [5, 5.41) is 4.00. The van der Waals surface area contributed by atoms with Crippen molar-refractivity contribution in [1.29, 1.82) is 0 Å². The van der Waals surface area contributed by atoms with Crippen LogP contribution < -0.4 is 0 Å². The minimum absolute atomic E-state index is 0.0645. The molecule has 0 aliphatic heterocycles. The SMILES string of the molecule is Cc1ccc(S(=O)(=O)O/N=C2/C=C(c3ccccc3)CC(c3ccco3)C2)cc1. The standard InChI is InChI=1S/C23H21NO4S/c1-17-9-11-22(12-10-17)29(25,26)28-24-21-15-19(18-6-3-2-4-7-18)14-20(16-21)23-8-5-13-27-23/h2-13,15,20H,14,16H2,1H3/b24-21-. The number of benzene rings is 2. The van der Waals surface area contributed by atoms with Crippen molar-refractivity contribution in [2.24, 2.45) is 5.16 Å². The van der Waals surface area contributed by atoms with Crippen LogP contribution >= 0.6 is 0 Å². The minimum atomic E-state index is -3.97. The highest BCUT2D eigenvalue weighted by atomic mass is 32.2. The van der Waals surface area contributed by atoms with E-state index < -0.39 is 10.1 Å². The van der Waals surface area contributed by atoms with Gasteiger partial charge in [-0.15, -0.1) is 0 Å². The van der Waals surface area contributed by atoms with Crippen LogP contribution in [0.15, 0.2) is 93.5 Å². The third kappa shape index (κ3) is 4.49. The predicted molar refractivity (Wildman–Crippen MR) is 112 cm³/mol. The number of aryl methyl sites for hydroxylation is 1. The van der Waals surface area contributed by atoms with Crippen molar-refractivity contribution in [3.05, 3.63) is 96.0 Å². The quantitative estimate of drug-likeness (QED) is 0.538. The molecule has 1 aromatic heterocycles. The third-order valence-electron chi connectivity index (χ3n) is 4.92. The van der Waals surface area contributed by atoms with Crippen molar-refractivity contribution in [2.75, 3.05) is 0 Å². The average Bonchev–Trinajstić information content (AvgIpc) is 3.28. The Morgan fingerprint density at radius 3 is 2.41 bits per heavy atom. The number of furan rings is 1. The van der Waals surface area contributed by atoms with E-state index in [-0.39, 0.29) is 10.8 Å². The van der Waals surface area contributed by atoms with Crippen LogP contribution in [0.25, 0.3) is 5.57 Å². The number of oxime groups is 1. The summed E-state index contributed by atoms with van der Waals surface area (Å²) in [6.45, 7) is 1.89. The van der Waals surface area contributed by atoms with Crippen LogP contribution in [0.5, 0.6) is 0 Å². The largest absolute Gasteiger partial charge is 0.469 e. The van der Waals surface area contributed by atoms with E-state index in [0.29, 0.717) is 12.1 Å². The van der Waals surface area contributed by atoms with Crippen LogP contribution in [-0.4, -0.2) is 14.1 Å². The van der Waals surface area contributed by atoms with Gasteiger partial charge in [0.15, 0.2) is 0 Å². The van der Waals surface area contributed by atoms with Crippen LogP contribution in [0.2, 0.25) is 0 Å². The zero-order valence-electron chi connectivity index (χ0n) is 16.0. The van der Waals surface area contributed by atoms with Crippen LogP contribution in [0.3, 0.4) is 0 Å². The number of allylic oxidation sites excluding steroid dienone is 2. The van der Waals surface area contributed by atoms with Crippen LogP contribution in [0.4, 0.5) is 0 Å². The monoisotopic (exact) mass is 407 g/mol. The number of hydrogen-bond donors (Lipinski definition) is 0. The molecule has 0 N–H and O–H groups in total. The zero-order chi connectivity index (χ0) is 20.3. The van der Waals surface area contributed by atoms with Crippen molar-refractivity contribution in [3.8, 4) is 0 Å². The van der Waals surface area contributed by atoms with Gasteiger partial charge in [0, 0.05) is 12.3 Å². The summed E-state index contributed by atoms with van der Waals surface area (Å²) in [4.78, 5) is 0.0816. The van der Waals surface area contributed by atoms with Gasteiger partial charge in [-0.05, 0) is 54.8 Å². The first-order chi connectivity index (χ1) is 14.0. The Balaban J connectivity index is 1.64. The van der Waals surface area contributed by atoms with E-state index in [1.807, 2.05) is 55.5 Å². The summed E-state index contributed by atoms with van der Waals surface area (Å²) < 4.78 is 35.6. The Morgan fingerprint density at radius 2 is 1.72 bits per heavy atom. The van der Waals surface area contributed by atoms with E-state index in [1.54, 1.807) is 18.4 Å². The molecule has 4 rings (SSSR count). The molecule has 1 unspecified atom stereocenters. The van der Waals surface area contributed by atoms with Gasteiger partial charge in [0.2, 0.25) is 0 Å². The molecule has 0 saturated heterocycles. The molecule has 0 radical (unpaired) electrons. The highest BCUT2D eigenvalue weighted by Gasteiger charge is 2.25. The maximum atomic E-state index is 12.5. The predicted octanol–water partition coefficient (Wildman–Crippen LogP) is 5.31. The molecule has 5 nitrogen and oxygen atoms in total. The van der Waals surface area contributed by atoms with E-state index >= 15 is 0 Å². The summed E-state index contributed by atoms with van der Waals surface area (Å²) in [5.74, 6) is 0.912. The third-order valence-corrected chi connectivity index (χ3v) is 6.04. The highest BCUT2D eigenvalue weighted by molar-refractivity contribution is 7.86. The Labute approximate surface area is 170 Å². The fourth-order valence-corrected chi connectivity index (χ4v) is 4.15. The maximum absolute atomic E-state index is 12.5. The molecule has 1 aliphatic rings. The van der Waals surface area contributed by atoms with Crippen LogP contribution in [0, 0.1) is 6.92 Å². The summed E-state index contributed by atoms with van der Waals surface area (Å²) in [5.41, 5.74) is 3.66. The molecular weight excluding hydrogens is 386 g/mol. The van der Waals surface area contributed by atoms with Gasteiger partial charge < -0.3 is 4.42 Å². The van der Waals surface area contributed by atoms with Crippen LogP contribution in [-0.2, 0) is 14.4 Å². The molecule has 6 heteroatoms. The minimum Gasteiger partial charge on any atom is -0.469 e. The fraction of sp³-hybridized carbons (Fsp3) is 0.174. The molecule has 29 heavy (non-hydrogen) atoms. The van der Waals surface area contributed by atoms with Gasteiger partial charge in [-0.25, -0.2) is 0 Å². The molecule has 0 saturated carbocycles. The average molecular weight is 407 g/mol. The second-order valence-corrected chi connectivity index (χ2v) is 8.61. The summed E-state index contributed by atoms with van der Waals surface area (Å²) >= 11 is 0. The van der Waals surface area contributed by atoms with Gasteiger partial charge in [-0.2, -0.15) is 8.42 Å². The second-order valence-electron chi connectivity index (χ2n) is 7.08. The number of nitrogens with zero attached hydrogens (tertiary/aromatic N) is 1. The van der Waals surface area contributed by atoms with Gasteiger partial charge in [0.05, 0.1) is 12.0 Å². The molecule has 0 bridgehead atoms.